The Balaban J connectivity index is 1.47. The minimum atomic E-state index is 0.0136. The van der Waals surface area contributed by atoms with Crippen molar-refractivity contribution in [2.24, 2.45) is 0 Å². The monoisotopic (exact) mass is 528 g/mol. The molecule has 1 aromatic heterocycles. The Labute approximate surface area is 232 Å². The van der Waals surface area contributed by atoms with Crippen LogP contribution in [-0.2, 0) is 17.8 Å². The van der Waals surface area contributed by atoms with Gasteiger partial charge in [0.05, 0.1) is 24.8 Å². The molecule has 0 aliphatic carbocycles. The Morgan fingerprint density at radius 2 is 1.67 bits per heavy atom. The lowest BCUT2D eigenvalue weighted by Crippen LogP contribution is -2.40. The van der Waals surface area contributed by atoms with Crippen LogP contribution in [0, 0.1) is 6.92 Å². The average Bonchev–Trinajstić information content (AvgIpc) is 2.95. The van der Waals surface area contributed by atoms with Crippen molar-refractivity contribution in [2.45, 2.75) is 38.6 Å². The molecule has 7 nitrogen and oxygen atoms in total. The van der Waals surface area contributed by atoms with Gasteiger partial charge in [-0.2, -0.15) is 0 Å². The van der Waals surface area contributed by atoms with E-state index in [1.807, 2.05) is 85.4 Å². The molecule has 2 heterocycles. The zero-order valence-corrected chi connectivity index (χ0v) is 23.6. The van der Waals surface area contributed by atoms with Crippen molar-refractivity contribution >= 4 is 11.8 Å². The average molecular weight is 529 g/mol. The van der Waals surface area contributed by atoms with Crippen LogP contribution < -0.4 is 4.74 Å². The number of pyridine rings is 1. The summed E-state index contributed by atoms with van der Waals surface area (Å²) in [6.07, 6.45) is 1.93. The van der Waals surface area contributed by atoms with Gasteiger partial charge in [-0.15, -0.1) is 0 Å². The third kappa shape index (κ3) is 7.67. The summed E-state index contributed by atoms with van der Waals surface area (Å²) in [5.74, 6) is 1.03. The van der Waals surface area contributed by atoms with Gasteiger partial charge in [0.15, 0.2) is 0 Å². The molecule has 1 aliphatic heterocycles. The van der Waals surface area contributed by atoms with E-state index in [4.69, 9.17) is 9.72 Å². The lowest BCUT2D eigenvalue weighted by Gasteiger charge is -2.33. The number of carbonyl (C=O) groups is 2. The van der Waals surface area contributed by atoms with Gasteiger partial charge in [-0.3, -0.25) is 14.6 Å². The third-order valence-electron chi connectivity index (χ3n) is 7.34. The van der Waals surface area contributed by atoms with Gasteiger partial charge in [0.2, 0.25) is 5.91 Å². The minimum absolute atomic E-state index is 0.0136. The number of likely N-dealkylation sites (tertiary alicyclic amines) is 1. The first-order valence-corrected chi connectivity index (χ1v) is 13.7. The van der Waals surface area contributed by atoms with Crippen LogP contribution in [0.25, 0.3) is 0 Å². The minimum Gasteiger partial charge on any atom is -0.497 e. The highest BCUT2D eigenvalue weighted by Crippen LogP contribution is 2.31. The van der Waals surface area contributed by atoms with Gasteiger partial charge in [-0.05, 0) is 69.3 Å². The number of hydrogen-bond donors (Lipinski definition) is 0. The molecule has 7 heteroatoms. The Morgan fingerprint density at radius 1 is 0.949 bits per heavy atom. The number of rotatable bonds is 10. The van der Waals surface area contributed by atoms with Crippen molar-refractivity contribution in [3.05, 3.63) is 94.8 Å². The predicted molar refractivity (Wildman–Crippen MR) is 154 cm³/mol. The second kappa shape index (κ2) is 13.4. The fourth-order valence-corrected chi connectivity index (χ4v) is 5.09. The van der Waals surface area contributed by atoms with Crippen molar-refractivity contribution < 1.29 is 14.3 Å². The van der Waals surface area contributed by atoms with Gasteiger partial charge in [-0.25, -0.2) is 0 Å². The summed E-state index contributed by atoms with van der Waals surface area (Å²) in [5.41, 5.74) is 4.50. The van der Waals surface area contributed by atoms with E-state index >= 15 is 0 Å². The van der Waals surface area contributed by atoms with Crippen molar-refractivity contribution in [1.82, 2.24) is 19.7 Å². The summed E-state index contributed by atoms with van der Waals surface area (Å²) >= 11 is 0. The molecule has 0 atom stereocenters. The summed E-state index contributed by atoms with van der Waals surface area (Å²) in [6, 6.07) is 21.7. The summed E-state index contributed by atoms with van der Waals surface area (Å²) in [5, 5.41) is 0. The van der Waals surface area contributed by atoms with Gasteiger partial charge >= 0.3 is 0 Å². The molecule has 4 rings (SSSR count). The number of hydrogen-bond acceptors (Lipinski definition) is 5. The van der Waals surface area contributed by atoms with Crippen LogP contribution in [0.3, 0.4) is 0 Å². The highest BCUT2D eigenvalue weighted by molar-refractivity contribution is 5.95. The lowest BCUT2D eigenvalue weighted by molar-refractivity contribution is -0.131. The van der Waals surface area contributed by atoms with Crippen molar-refractivity contribution in [3.8, 4) is 5.75 Å². The van der Waals surface area contributed by atoms with Gasteiger partial charge in [0, 0.05) is 44.3 Å². The molecule has 1 aliphatic rings. The largest absolute Gasteiger partial charge is 0.497 e. The van der Waals surface area contributed by atoms with E-state index in [0.717, 1.165) is 47.7 Å². The molecule has 0 bridgehead atoms. The predicted octanol–water partition coefficient (Wildman–Crippen LogP) is 4.55. The fraction of sp³-hybridized carbons (Fsp3) is 0.406. The SMILES string of the molecule is COc1cccc(CC(=O)N2CCC(c3nc(C)ccc3C(=O)N(CCN(C)C)Cc3ccccc3)CC2)c1. The number of aryl methyl sites for hydroxylation is 1. The summed E-state index contributed by atoms with van der Waals surface area (Å²) in [4.78, 5) is 37.8. The molecule has 1 fully saturated rings. The Kier molecular flexibility index (Phi) is 9.71. The molecule has 2 aromatic carbocycles. The van der Waals surface area contributed by atoms with Gasteiger partial charge in [0.1, 0.15) is 5.75 Å². The Morgan fingerprint density at radius 3 is 2.36 bits per heavy atom. The molecule has 3 aromatic rings. The number of methoxy groups -OCH3 is 1. The zero-order valence-electron chi connectivity index (χ0n) is 23.6. The number of carbonyl (C=O) groups excluding carboxylic acids is 2. The quantitative estimate of drug-likeness (QED) is 0.386. The number of piperidine rings is 1. The first kappa shape index (κ1) is 28.3. The fourth-order valence-electron chi connectivity index (χ4n) is 5.09. The van der Waals surface area contributed by atoms with E-state index in [0.29, 0.717) is 38.2 Å². The first-order chi connectivity index (χ1) is 18.8. The van der Waals surface area contributed by atoms with Crippen LogP contribution in [0.2, 0.25) is 0 Å². The second-order valence-corrected chi connectivity index (χ2v) is 10.6. The number of amides is 2. The molecule has 0 spiro atoms. The normalized spacial score (nSPS) is 13.9. The smallest absolute Gasteiger partial charge is 0.256 e. The van der Waals surface area contributed by atoms with Crippen molar-refractivity contribution in [1.29, 1.82) is 0 Å². The van der Waals surface area contributed by atoms with E-state index in [1.165, 1.54) is 0 Å². The first-order valence-electron chi connectivity index (χ1n) is 13.7. The molecule has 0 N–H and O–H groups in total. The van der Waals surface area contributed by atoms with Gasteiger partial charge < -0.3 is 19.4 Å². The van der Waals surface area contributed by atoms with Crippen LogP contribution in [0.5, 0.6) is 5.75 Å². The maximum absolute atomic E-state index is 14.0. The maximum Gasteiger partial charge on any atom is 0.256 e. The van der Waals surface area contributed by atoms with Crippen LogP contribution >= 0.6 is 0 Å². The van der Waals surface area contributed by atoms with Crippen LogP contribution in [-0.4, -0.2) is 78.9 Å². The highest BCUT2D eigenvalue weighted by atomic mass is 16.5. The maximum atomic E-state index is 14.0. The van der Waals surface area contributed by atoms with Crippen LogP contribution in [0.4, 0.5) is 0 Å². The van der Waals surface area contributed by atoms with Crippen LogP contribution in [0.15, 0.2) is 66.7 Å². The van der Waals surface area contributed by atoms with E-state index in [-0.39, 0.29) is 17.7 Å². The van der Waals surface area contributed by atoms with E-state index in [9.17, 15) is 9.59 Å². The summed E-state index contributed by atoms with van der Waals surface area (Å²) in [6.45, 7) is 5.25. The summed E-state index contributed by atoms with van der Waals surface area (Å²) in [7, 11) is 5.67. The number of ether oxygens (including phenoxy) is 1. The highest BCUT2D eigenvalue weighted by Gasteiger charge is 2.29. The number of benzene rings is 2. The lowest BCUT2D eigenvalue weighted by atomic mass is 9.89. The van der Waals surface area contributed by atoms with Gasteiger partial charge in [-0.1, -0.05) is 42.5 Å². The van der Waals surface area contributed by atoms with E-state index in [2.05, 4.69) is 17.0 Å². The summed E-state index contributed by atoms with van der Waals surface area (Å²) < 4.78 is 5.30. The number of aromatic nitrogens is 1. The molecule has 0 unspecified atom stereocenters. The molecule has 2 amide bonds. The zero-order chi connectivity index (χ0) is 27.8. The molecular formula is C32H40N4O3. The second-order valence-electron chi connectivity index (χ2n) is 10.6. The van der Waals surface area contributed by atoms with Crippen molar-refractivity contribution in [2.75, 3.05) is 47.4 Å². The van der Waals surface area contributed by atoms with Crippen LogP contribution in [0.1, 0.15) is 51.6 Å². The standard InChI is InChI=1S/C32H40N4O3/c1-24-13-14-29(32(38)36(20-19-34(2)3)23-25-9-6-5-7-10-25)31(33-24)27-15-17-35(18-16-27)30(37)22-26-11-8-12-28(21-26)39-4/h5-14,21,27H,15-20,22-23H2,1-4H3. The molecular weight excluding hydrogens is 488 g/mol. The molecule has 39 heavy (non-hydrogen) atoms. The van der Waals surface area contributed by atoms with E-state index in [1.54, 1.807) is 7.11 Å². The number of likely N-dealkylation sites (N-methyl/N-ethyl adjacent to an activating group) is 1. The molecule has 206 valence electrons. The molecule has 0 saturated carbocycles. The third-order valence-corrected chi connectivity index (χ3v) is 7.34. The van der Waals surface area contributed by atoms with E-state index < -0.39 is 0 Å². The Hall–Kier alpha value is -3.71. The van der Waals surface area contributed by atoms with Gasteiger partial charge in [0.25, 0.3) is 5.91 Å². The number of nitrogens with zero attached hydrogens (tertiary/aromatic N) is 4. The molecule has 0 radical (unpaired) electrons. The van der Waals surface area contributed by atoms with Crippen molar-refractivity contribution in [3.63, 3.8) is 0 Å². The topological polar surface area (TPSA) is 66.0 Å². The Bertz CT molecular complexity index is 1250. The molecule has 1 saturated heterocycles.